The summed E-state index contributed by atoms with van der Waals surface area (Å²) in [5.41, 5.74) is 6.39. The van der Waals surface area contributed by atoms with Crippen molar-refractivity contribution >= 4 is 23.7 Å². The van der Waals surface area contributed by atoms with Gasteiger partial charge in [0, 0.05) is 57.1 Å². The quantitative estimate of drug-likeness (QED) is 0.278. The van der Waals surface area contributed by atoms with Crippen molar-refractivity contribution in [3.05, 3.63) is 95.6 Å². The number of nitrogens with one attached hydrogen (secondary N) is 2. The lowest BCUT2D eigenvalue weighted by Gasteiger charge is -2.36. The number of nitrogens with zero attached hydrogens (tertiary/aromatic N) is 3. The number of anilines is 1. The number of amides is 2. The van der Waals surface area contributed by atoms with Crippen LogP contribution in [0.3, 0.4) is 0 Å². The lowest BCUT2D eigenvalue weighted by atomic mass is 10.1. The van der Waals surface area contributed by atoms with Crippen molar-refractivity contribution in [2.75, 3.05) is 50.8 Å². The molecule has 0 radical (unpaired) electrons. The van der Waals surface area contributed by atoms with Gasteiger partial charge in [0.2, 0.25) is 0 Å². The second-order valence-electron chi connectivity index (χ2n) is 10.3. The summed E-state index contributed by atoms with van der Waals surface area (Å²) in [5.74, 6) is 0.137. The Morgan fingerprint density at radius 2 is 1.71 bits per heavy atom. The van der Waals surface area contributed by atoms with Gasteiger partial charge in [-0.05, 0) is 72.5 Å². The normalized spacial score (nSPS) is 17.5. The van der Waals surface area contributed by atoms with Crippen molar-refractivity contribution < 1.29 is 19.1 Å². The summed E-state index contributed by atoms with van der Waals surface area (Å²) in [6.45, 7) is 6.11. The molecular weight excluding hydrogens is 518 g/mol. The summed E-state index contributed by atoms with van der Waals surface area (Å²) in [6, 6.07) is 25.4. The molecule has 214 valence electrons. The molecule has 2 aliphatic rings. The van der Waals surface area contributed by atoms with E-state index in [0.29, 0.717) is 17.9 Å². The molecule has 9 nitrogen and oxygen atoms in total. The molecule has 0 saturated carbocycles. The van der Waals surface area contributed by atoms with Gasteiger partial charge in [-0.25, -0.2) is 5.43 Å². The molecule has 41 heavy (non-hydrogen) atoms. The van der Waals surface area contributed by atoms with Gasteiger partial charge in [0.05, 0.1) is 12.3 Å². The highest BCUT2D eigenvalue weighted by atomic mass is 16.5. The molecule has 0 bridgehead atoms. The summed E-state index contributed by atoms with van der Waals surface area (Å²) in [6.07, 6.45) is 3.69. The summed E-state index contributed by atoms with van der Waals surface area (Å²) in [7, 11) is 0. The van der Waals surface area contributed by atoms with Gasteiger partial charge in [-0.15, -0.1) is 0 Å². The fourth-order valence-corrected chi connectivity index (χ4v) is 4.94. The Balaban J connectivity index is 1.00. The zero-order chi connectivity index (χ0) is 28.3. The van der Waals surface area contributed by atoms with Crippen LogP contribution < -0.4 is 20.4 Å². The Labute approximate surface area is 241 Å². The topological polar surface area (TPSA) is 95.5 Å². The van der Waals surface area contributed by atoms with Crippen LogP contribution in [0.15, 0.2) is 84.0 Å². The average Bonchev–Trinajstić information content (AvgIpc) is 3.55. The lowest BCUT2D eigenvalue weighted by Crippen LogP contribution is -2.45. The first-order valence-electron chi connectivity index (χ1n) is 14.2. The third-order valence-electron chi connectivity index (χ3n) is 7.30. The molecule has 1 atom stereocenters. The summed E-state index contributed by atoms with van der Waals surface area (Å²) in [4.78, 5) is 29.4. The number of hydrogen-bond donors (Lipinski definition) is 2. The number of para-hydroxylation sites is 1. The van der Waals surface area contributed by atoms with Gasteiger partial charge in [-0.1, -0.05) is 30.3 Å². The third-order valence-corrected chi connectivity index (χ3v) is 7.30. The highest BCUT2D eigenvalue weighted by molar-refractivity contribution is 5.94. The van der Waals surface area contributed by atoms with E-state index in [1.807, 2.05) is 42.5 Å². The van der Waals surface area contributed by atoms with Crippen molar-refractivity contribution in [2.45, 2.75) is 25.5 Å². The number of carbonyl (C=O) groups is 2. The minimum atomic E-state index is -0.266. The number of hydrogen-bond acceptors (Lipinski definition) is 7. The SMILES string of the molecule is O=C(COc1ccc(/C=N\NC(=O)c2ccc(CN3CCN(c4ccccc4)CC3)cc2)cc1)NC[C@@H]1CCCO1. The van der Waals surface area contributed by atoms with Gasteiger partial charge in [0.25, 0.3) is 11.8 Å². The van der Waals surface area contributed by atoms with Crippen LogP contribution in [0.1, 0.15) is 34.3 Å². The molecule has 2 N–H and O–H groups in total. The van der Waals surface area contributed by atoms with Crippen LogP contribution in [0.5, 0.6) is 5.75 Å². The highest BCUT2D eigenvalue weighted by Crippen LogP contribution is 2.17. The number of rotatable bonds is 11. The van der Waals surface area contributed by atoms with E-state index in [-0.39, 0.29) is 24.5 Å². The van der Waals surface area contributed by atoms with Crippen molar-refractivity contribution in [3.8, 4) is 5.75 Å². The third kappa shape index (κ3) is 8.64. The Morgan fingerprint density at radius 3 is 2.41 bits per heavy atom. The summed E-state index contributed by atoms with van der Waals surface area (Å²) in [5, 5.41) is 6.91. The maximum absolute atomic E-state index is 12.5. The summed E-state index contributed by atoms with van der Waals surface area (Å²) >= 11 is 0. The molecular formula is C32H37N5O4. The Kier molecular flexibility index (Phi) is 9.97. The second kappa shape index (κ2) is 14.4. The van der Waals surface area contributed by atoms with E-state index < -0.39 is 0 Å². The molecule has 2 heterocycles. The van der Waals surface area contributed by atoms with Gasteiger partial charge < -0.3 is 19.7 Å². The standard InChI is InChI=1S/C32H37N5O4/c38-31(33-22-30-7-4-20-40-30)24-41-29-14-10-25(11-15-29)21-34-35-32(39)27-12-8-26(9-13-27)23-36-16-18-37(19-17-36)28-5-2-1-3-6-28/h1-3,5-6,8-15,21,30H,4,7,16-20,22-24H2,(H,33,38)(H,35,39)/b34-21-/t30-/m0/s1. The minimum Gasteiger partial charge on any atom is -0.484 e. The van der Waals surface area contributed by atoms with Gasteiger partial charge >= 0.3 is 0 Å². The van der Waals surface area contributed by atoms with E-state index in [2.05, 4.69) is 49.9 Å². The first-order chi connectivity index (χ1) is 20.1. The van der Waals surface area contributed by atoms with E-state index in [0.717, 1.165) is 57.7 Å². The average molecular weight is 556 g/mol. The Bertz CT molecular complexity index is 1280. The van der Waals surface area contributed by atoms with Crippen LogP contribution in [0.4, 0.5) is 5.69 Å². The van der Waals surface area contributed by atoms with E-state index in [1.54, 1.807) is 18.3 Å². The van der Waals surface area contributed by atoms with Crippen molar-refractivity contribution in [1.29, 1.82) is 0 Å². The fourth-order valence-electron chi connectivity index (χ4n) is 4.94. The van der Waals surface area contributed by atoms with E-state index >= 15 is 0 Å². The predicted molar refractivity (Wildman–Crippen MR) is 159 cm³/mol. The van der Waals surface area contributed by atoms with Crippen LogP contribution in [0, 0.1) is 0 Å². The number of ether oxygens (including phenoxy) is 2. The molecule has 2 amide bonds. The molecule has 2 fully saturated rings. The summed E-state index contributed by atoms with van der Waals surface area (Å²) < 4.78 is 11.0. The van der Waals surface area contributed by atoms with Crippen LogP contribution in [-0.4, -0.2) is 75.0 Å². The largest absolute Gasteiger partial charge is 0.484 e. The van der Waals surface area contributed by atoms with Gasteiger partial charge in [-0.2, -0.15) is 5.10 Å². The van der Waals surface area contributed by atoms with Gasteiger partial charge in [0.15, 0.2) is 6.61 Å². The van der Waals surface area contributed by atoms with Crippen molar-refractivity contribution in [3.63, 3.8) is 0 Å². The molecule has 3 aromatic rings. The number of carbonyl (C=O) groups excluding carboxylic acids is 2. The van der Waals surface area contributed by atoms with E-state index in [9.17, 15) is 9.59 Å². The second-order valence-corrected chi connectivity index (χ2v) is 10.3. The van der Waals surface area contributed by atoms with Crippen LogP contribution in [-0.2, 0) is 16.1 Å². The first kappa shape index (κ1) is 28.3. The first-order valence-corrected chi connectivity index (χ1v) is 14.2. The molecule has 3 aromatic carbocycles. The molecule has 9 heteroatoms. The maximum Gasteiger partial charge on any atom is 0.271 e. The minimum absolute atomic E-state index is 0.0557. The number of benzene rings is 3. The molecule has 2 aliphatic heterocycles. The van der Waals surface area contributed by atoms with Crippen molar-refractivity contribution in [2.24, 2.45) is 5.10 Å². The fraction of sp³-hybridized carbons (Fsp3) is 0.344. The molecule has 2 saturated heterocycles. The molecule has 0 aromatic heterocycles. The van der Waals surface area contributed by atoms with E-state index in [1.165, 1.54) is 11.3 Å². The van der Waals surface area contributed by atoms with Crippen LogP contribution >= 0.6 is 0 Å². The van der Waals surface area contributed by atoms with Gasteiger partial charge in [0.1, 0.15) is 5.75 Å². The number of piperazine rings is 1. The molecule has 5 rings (SSSR count). The Hall–Kier alpha value is -4.21. The van der Waals surface area contributed by atoms with Crippen LogP contribution in [0.2, 0.25) is 0 Å². The lowest BCUT2D eigenvalue weighted by molar-refractivity contribution is -0.123. The maximum atomic E-state index is 12.5. The smallest absolute Gasteiger partial charge is 0.271 e. The zero-order valence-electron chi connectivity index (χ0n) is 23.2. The molecule has 0 unspecified atom stereocenters. The van der Waals surface area contributed by atoms with Gasteiger partial charge in [-0.3, -0.25) is 14.5 Å². The monoisotopic (exact) mass is 555 g/mol. The molecule has 0 spiro atoms. The zero-order valence-corrected chi connectivity index (χ0v) is 23.2. The van der Waals surface area contributed by atoms with Crippen LogP contribution in [0.25, 0.3) is 0 Å². The van der Waals surface area contributed by atoms with E-state index in [4.69, 9.17) is 9.47 Å². The number of hydrazone groups is 1. The Morgan fingerprint density at radius 1 is 0.951 bits per heavy atom. The highest BCUT2D eigenvalue weighted by Gasteiger charge is 2.18. The predicted octanol–water partition coefficient (Wildman–Crippen LogP) is 3.45. The molecule has 0 aliphatic carbocycles. The van der Waals surface area contributed by atoms with Crippen molar-refractivity contribution in [1.82, 2.24) is 15.6 Å².